The van der Waals surface area contributed by atoms with Gasteiger partial charge in [0.2, 0.25) is 5.95 Å². The summed E-state index contributed by atoms with van der Waals surface area (Å²) in [6.45, 7) is 1.20. The first-order valence-electron chi connectivity index (χ1n) is 5.64. The topological polar surface area (TPSA) is 99.4 Å². The van der Waals surface area contributed by atoms with Crippen molar-refractivity contribution in [1.29, 1.82) is 0 Å². The van der Waals surface area contributed by atoms with Crippen molar-refractivity contribution in [2.45, 2.75) is 18.9 Å². The van der Waals surface area contributed by atoms with Gasteiger partial charge in [0.05, 0.1) is 18.1 Å². The molecule has 0 aromatic carbocycles. The van der Waals surface area contributed by atoms with Gasteiger partial charge < -0.3 is 14.8 Å². The zero-order valence-electron chi connectivity index (χ0n) is 9.96. The van der Waals surface area contributed by atoms with E-state index in [0.29, 0.717) is 32.0 Å². The van der Waals surface area contributed by atoms with Gasteiger partial charge in [-0.25, -0.2) is 4.98 Å². The second-order valence-electron chi connectivity index (χ2n) is 3.82. The lowest BCUT2D eigenvalue weighted by atomic mass is 10.1. The summed E-state index contributed by atoms with van der Waals surface area (Å²) < 4.78 is 10.8. The van der Waals surface area contributed by atoms with Crippen LogP contribution >= 0.6 is 0 Å². The molecule has 1 aliphatic heterocycles. The molecule has 0 bridgehead atoms. The number of nitro groups is 1. The van der Waals surface area contributed by atoms with Crippen LogP contribution in [0.5, 0.6) is 5.88 Å². The lowest BCUT2D eigenvalue weighted by Crippen LogP contribution is -2.26. The van der Waals surface area contributed by atoms with Crippen molar-refractivity contribution >= 4 is 11.6 Å². The highest BCUT2D eigenvalue weighted by Crippen LogP contribution is 2.27. The van der Waals surface area contributed by atoms with E-state index in [1.807, 2.05) is 0 Å². The molecule has 18 heavy (non-hydrogen) atoms. The Morgan fingerprint density at radius 1 is 1.56 bits per heavy atom. The summed E-state index contributed by atoms with van der Waals surface area (Å²) in [5.41, 5.74) is -0.222. The van der Waals surface area contributed by atoms with Crippen LogP contribution in [0.4, 0.5) is 11.6 Å². The van der Waals surface area contributed by atoms with Crippen LogP contribution in [-0.4, -0.2) is 41.3 Å². The van der Waals surface area contributed by atoms with E-state index in [4.69, 9.17) is 9.47 Å². The highest BCUT2D eigenvalue weighted by Gasteiger charge is 2.23. The van der Waals surface area contributed by atoms with Crippen molar-refractivity contribution < 1.29 is 14.4 Å². The molecule has 0 aliphatic carbocycles. The molecule has 8 heteroatoms. The monoisotopic (exact) mass is 254 g/mol. The van der Waals surface area contributed by atoms with Crippen molar-refractivity contribution in [3.05, 3.63) is 16.3 Å². The van der Waals surface area contributed by atoms with E-state index >= 15 is 0 Å². The molecule has 0 amide bonds. The minimum Gasteiger partial charge on any atom is -0.469 e. The molecule has 1 fully saturated rings. The fraction of sp³-hybridized carbons (Fsp3) is 0.600. The van der Waals surface area contributed by atoms with Gasteiger partial charge >= 0.3 is 5.69 Å². The lowest BCUT2D eigenvalue weighted by Gasteiger charge is -2.22. The number of anilines is 1. The largest absolute Gasteiger partial charge is 0.469 e. The van der Waals surface area contributed by atoms with Crippen molar-refractivity contribution in [3.8, 4) is 5.88 Å². The van der Waals surface area contributed by atoms with E-state index in [2.05, 4.69) is 15.3 Å². The Bertz CT molecular complexity index is 434. The second kappa shape index (κ2) is 5.58. The van der Waals surface area contributed by atoms with E-state index in [1.54, 1.807) is 7.05 Å². The maximum Gasteiger partial charge on any atom is 0.349 e. The van der Waals surface area contributed by atoms with Crippen LogP contribution in [0.15, 0.2) is 6.20 Å². The van der Waals surface area contributed by atoms with Gasteiger partial charge in [-0.3, -0.25) is 10.1 Å². The van der Waals surface area contributed by atoms with Gasteiger partial charge in [-0.1, -0.05) is 0 Å². The van der Waals surface area contributed by atoms with Crippen LogP contribution in [0.3, 0.4) is 0 Å². The Balaban J connectivity index is 2.19. The molecular weight excluding hydrogens is 240 g/mol. The number of ether oxygens (including phenoxy) is 2. The summed E-state index contributed by atoms with van der Waals surface area (Å²) in [5.74, 6) is 0.300. The molecule has 98 valence electrons. The fourth-order valence-corrected chi connectivity index (χ4v) is 1.64. The smallest absolute Gasteiger partial charge is 0.349 e. The Morgan fingerprint density at radius 3 is 2.89 bits per heavy atom. The van der Waals surface area contributed by atoms with Gasteiger partial charge in [0.25, 0.3) is 5.88 Å². The third kappa shape index (κ3) is 2.83. The van der Waals surface area contributed by atoms with Gasteiger partial charge in [0, 0.05) is 19.9 Å². The average Bonchev–Trinajstić information content (AvgIpc) is 2.39. The molecule has 0 unspecified atom stereocenters. The van der Waals surface area contributed by atoms with Crippen LogP contribution in [0.1, 0.15) is 12.8 Å². The van der Waals surface area contributed by atoms with Gasteiger partial charge in [-0.2, -0.15) is 4.98 Å². The van der Waals surface area contributed by atoms with Gasteiger partial charge in [0.15, 0.2) is 0 Å². The van der Waals surface area contributed by atoms with Crippen molar-refractivity contribution in [1.82, 2.24) is 9.97 Å². The predicted octanol–water partition coefficient (Wildman–Crippen LogP) is 0.984. The molecule has 0 spiro atoms. The van der Waals surface area contributed by atoms with Crippen molar-refractivity contribution in [2.24, 2.45) is 0 Å². The van der Waals surface area contributed by atoms with Crippen LogP contribution < -0.4 is 10.1 Å². The van der Waals surface area contributed by atoms with Crippen molar-refractivity contribution in [3.63, 3.8) is 0 Å². The van der Waals surface area contributed by atoms with Crippen LogP contribution in [-0.2, 0) is 4.74 Å². The molecule has 2 rings (SSSR count). The molecule has 1 aliphatic rings. The summed E-state index contributed by atoms with van der Waals surface area (Å²) >= 11 is 0. The van der Waals surface area contributed by atoms with Crippen LogP contribution in [0, 0.1) is 10.1 Å². The minimum atomic E-state index is -0.548. The molecule has 1 aromatic rings. The van der Waals surface area contributed by atoms with Gasteiger partial charge in [-0.15, -0.1) is 0 Å². The zero-order valence-corrected chi connectivity index (χ0v) is 9.96. The minimum absolute atomic E-state index is 0.00579. The third-order valence-electron chi connectivity index (χ3n) is 2.60. The van der Waals surface area contributed by atoms with Gasteiger partial charge in [0.1, 0.15) is 12.3 Å². The SMILES string of the molecule is CNc1ncc([N+](=O)[O-])c(OC2CCOCC2)n1. The normalized spacial score (nSPS) is 16.3. The number of aromatic nitrogens is 2. The molecule has 0 saturated carbocycles. The molecule has 0 radical (unpaired) electrons. The third-order valence-corrected chi connectivity index (χ3v) is 2.60. The first-order chi connectivity index (χ1) is 8.70. The van der Waals surface area contributed by atoms with Gasteiger partial charge in [-0.05, 0) is 0 Å². The molecule has 1 N–H and O–H groups in total. The highest BCUT2D eigenvalue weighted by molar-refractivity contribution is 5.43. The maximum atomic E-state index is 10.9. The van der Waals surface area contributed by atoms with Crippen molar-refractivity contribution in [2.75, 3.05) is 25.6 Å². The number of nitrogens with one attached hydrogen (secondary N) is 1. The van der Waals surface area contributed by atoms with E-state index < -0.39 is 4.92 Å². The molecule has 0 atom stereocenters. The Morgan fingerprint density at radius 2 is 2.28 bits per heavy atom. The number of hydrogen-bond donors (Lipinski definition) is 1. The standard InChI is InChI=1S/C10H14N4O4/c1-11-10-12-6-8(14(15)16)9(13-10)18-7-2-4-17-5-3-7/h6-7H,2-5H2,1H3,(H,11,12,13). The lowest BCUT2D eigenvalue weighted by molar-refractivity contribution is -0.386. The molecule has 8 nitrogen and oxygen atoms in total. The first kappa shape index (κ1) is 12.5. The molecular formula is C10H14N4O4. The Hall–Kier alpha value is -1.96. The zero-order chi connectivity index (χ0) is 13.0. The first-order valence-corrected chi connectivity index (χ1v) is 5.64. The predicted molar refractivity (Wildman–Crippen MR) is 62.7 cm³/mol. The average molecular weight is 254 g/mol. The summed E-state index contributed by atoms with van der Waals surface area (Å²) in [6, 6.07) is 0. The highest BCUT2D eigenvalue weighted by atomic mass is 16.6. The summed E-state index contributed by atoms with van der Waals surface area (Å²) in [6.07, 6.45) is 2.46. The van der Waals surface area contributed by atoms with E-state index in [1.165, 1.54) is 0 Å². The Kier molecular flexibility index (Phi) is 3.88. The van der Waals surface area contributed by atoms with Crippen LogP contribution in [0.2, 0.25) is 0 Å². The van der Waals surface area contributed by atoms with E-state index in [9.17, 15) is 10.1 Å². The quantitative estimate of drug-likeness (QED) is 0.631. The Labute approximate surface area is 103 Å². The second-order valence-corrected chi connectivity index (χ2v) is 3.82. The maximum absolute atomic E-state index is 10.9. The number of nitrogens with zero attached hydrogens (tertiary/aromatic N) is 3. The molecule has 1 aromatic heterocycles. The summed E-state index contributed by atoms with van der Waals surface area (Å²) in [7, 11) is 1.64. The molecule has 2 heterocycles. The number of hydrogen-bond acceptors (Lipinski definition) is 7. The fourth-order valence-electron chi connectivity index (χ4n) is 1.64. The summed E-state index contributed by atoms with van der Waals surface area (Å²) in [5, 5.41) is 13.6. The number of rotatable bonds is 4. The molecule has 1 saturated heterocycles. The van der Waals surface area contributed by atoms with Crippen LogP contribution in [0.25, 0.3) is 0 Å². The summed E-state index contributed by atoms with van der Waals surface area (Å²) in [4.78, 5) is 18.1. The van der Waals surface area contributed by atoms with E-state index in [0.717, 1.165) is 6.20 Å². The van der Waals surface area contributed by atoms with E-state index in [-0.39, 0.29) is 17.7 Å².